The maximum Gasteiger partial charge on any atom is 0.244 e. The van der Waals surface area contributed by atoms with Crippen molar-refractivity contribution in [3.8, 4) is 0 Å². The lowest BCUT2D eigenvalue weighted by atomic mass is 10.0. The highest BCUT2D eigenvalue weighted by Gasteiger charge is 2.35. The van der Waals surface area contributed by atoms with E-state index in [0.29, 0.717) is 5.65 Å². The Hall–Kier alpha value is -3.07. The quantitative estimate of drug-likeness (QED) is 0.659. The van der Waals surface area contributed by atoms with Gasteiger partial charge in [0.25, 0.3) is 0 Å². The second-order valence-electron chi connectivity index (χ2n) is 7.61. The number of rotatable bonds is 3. The van der Waals surface area contributed by atoms with Crippen LogP contribution in [0.25, 0.3) is 11.2 Å². The Bertz CT molecular complexity index is 1030. The number of fused-ring (bicyclic) bond motifs is 1. The van der Waals surface area contributed by atoms with E-state index < -0.39 is 0 Å². The summed E-state index contributed by atoms with van der Waals surface area (Å²) in [5, 5.41) is 4.21. The van der Waals surface area contributed by atoms with Crippen LogP contribution >= 0.6 is 0 Å². The Morgan fingerprint density at radius 2 is 1.86 bits per heavy atom. The Morgan fingerprint density at radius 3 is 2.66 bits per heavy atom. The van der Waals surface area contributed by atoms with Gasteiger partial charge in [-0.25, -0.2) is 9.97 Å². The number of anilines is 2. The molecule has 2 fully saturated rings. The van der Waals surface area contributed by atoms with Crippen LogP contribution in [0.4, 0.5) is 11.5 Å². The van der Waals surface area contributed by atoms with E-state index in [1.807, 2.05) is 30.3 Å². The summed E-state index contributed by atoms with van der Waals surface area (Å²) >= 11 is 0. The second-order valence-corrected chi connectivity index (χ2v) is 7.61. The molecule has 0 saturated carbocycles. The Labute approximate surface area is 169 Å². The number of carbonyl (C=O) groups is 1. The Morgan fingerprint density at radius 1 is 1.03 bits per heavy atom. The molecule has 0 aromatic carbocycles. The van der Waals surface area contributed by atoms with Crippen LogP contribution in [-0.4, -0.2) is 74.3 Å². The van der Waals surface area contributed by atoms with Crippen molar-refractivity contribution in [1.29, 1.82) is 0 Å². The predicted octanol–water partition coefficient (Wildman–Crippen LogP) is 1.08. The molecule has 29 heavy (non-hydrogen) atoms. The van der Waals surface area contributed by atoms with Gasteiger partial charge in [0, 0.05) is 58.4 Å². The van der Waals surface area contributed by atoms with Gasteiger partial charge >= 0.3 is 0 Å². The monoisotopic (exact) mass is 392 g/mol. The zero-order valence-electron chi connectivity index (χ0n) is 16.5. The molecule has 0 N–H and O–H groups in total. The molecular formula is C20H24N8O. The molecule has 3 aromatic heterocycles. The van der Waals surface area contributed by atoms with E-state index in [-0.39, 0.29) is 11.9 Å². The van der Waals surface area contributed by atoms with E-state index >= 15 is 0 Å². The van der Waals surface area contributed by atoms with Crippen molar-refractivity contribution in [2.75, 3.05) is 42.5 Å². The highest BCUT2D eigenvalue weighted by Crippen LogP contribution is 2.25. The number of piperidine rings is 1. The van der Waals surface area contributed by atoms with Crippen LogP contribution in [0.15, 0.2) is 36.9 Å². The van der Waals surface area contributed by atoms with E-state index in [0.717, 1.165) is 62.6 Å². The molecule has 1 atom stereocenters. The lowest BCUT2D eigenvalue weighted by Crippen LogP contribution is -2.58. The first kappa shape index (κ1) is 18.0. The minimum absolute atomic E-state index is 0.0541. The molecule has 0 spiro atoms. The highest BCUT2D eigenvalue weighted by molar-refractivity contribution is 5.97. The highest BCUT2D eigenvalue weighted by atomic mass is 16.2. The van der Waals surface area contributed by atoms with Crippen LogP contribution in [0, 0.1) is 0 Å². The van der Waals surface area contributed by atoms with Crippen molar-refractivity contribution >= 4 is 28.6 Å². The molecule has 3 aromatic rings. The topological polar surface area (TPSA) is 83.3 Å². The summed E-state index contributed by atoms with van der Waals surface area (Å²) < 4.78 is 1.74. The second kappa shape index (κ2) is 7.40. The van der Waals surface area contributed by atoms with Gasteiger partial charge < -0.3 is 9.80 Å². The summed E-state index contributed by atoms with van der Waals surface area (Å²) in [5.41, 5.74) is 2.36. The molecule has 2 aliphatic heterocycles. The van der Waals surface area contributed by atoms with Gasteiger partial charge in [-0.3, -0.25) is 19.4 Å². The van der Waals surface area contributed by atoms with E-state index in [1.165, 1.54) is 0 Å². The largest absolute Gasteiger partial charge is 0.354 e. The van der Waals surface area contributed by atoms with E-state index in [9.17, 15) is 4.79 Å². The van der Waals surface area contributed by atoms with Crippen LogP contribution < -0.4 is 9.80 Å². The number of carbonyl (C=O) groups excluding carboxylic acids is 1. The molecule has 0 bridgehead atoms. The van der Waals surface area contributed by atoms with Crippen LogP contribution in [-0.2, 0) is 11.8 Å². The van der Waals surface area contributed by atoms with Crippen molar-refractivity contribution in [3.63, 3.8) is 0 Å². The standard InChI is InChI=1S/C20H24N8O/c1-25-14-15(13-23-25)28-8-2-3-17(20(28)29)26-9-11-27(12-10-26)18-5-4-16-19(24-18)22-7-6-21-16/h4-7,13-14,17H,2-3,8-12H2,1H3/t17-/m0/s1. The molecular weight excluding hydrogens is 368 g/mol. The summed E-state index contributed by atoms with van der Waals surface area (Å²) in [5.74, 6) is 1.11. The summed E-state index contributed by atoms with van der Waals surface area (Å²) in [4.78, 5) is 32.9. The number of aromatic nitrogens is 5. The summed E-state index contributed by atoms with van der Waals surface area (Å²) in [7, 11) is 1.88. The van der Waals surface area contributed by atoms with Crippen molar-refractivity contribution in [2.24, 2.45) is 7.05 Å². The lowest BCUT2D eigenvalue weighted by Gasteiger charge is -2.42. The van der Waals surface area contributed by atoms with Gasteiger partial charge in [-0.15, -0.1) is 0 Å². The third kappa shape index (κ3) is 3.42. The van der Waals surface area contributed by atoms with Crippen molar-refractivity contribution in [1.82, 2.24) is 29.6 Å². The summed E-state index contributed by atoms with van der Waals surface area (Å²) in [6.45, 7) is 4.14. The predicted molar refractivity (Wildman–Crippen MR) is 110 cm³/mol. The minimum Gasteiger partial charge on any atom is -0.354 e. The molecule has 0 unspecified atom stereocenters. The van der Waals surface area contributed by atoms with E-state index in [4.69, 9.17) is 0 Å². The summed E-state index contributed by atoms with van der Waals surface area (Å²) in [6, 6.07) is 3.91. The smallest absolute Gasteiger partial charge is 0.244 e. The molecule has 9 heteroatoms. The van der Waals surface area contributed by atoms with Crippen LogP contribution in [0.1, 0.15) is 12.8 Å². The van der Waals surface area contributed by atoms with E-state index in [1.54, 1.807) is 23.3 Å². The third-order valence-corrected chi connectivity index (χ3v) is 5.81. The fourth-order valence-electron chi connectivity index (χ4n) is 4.28. The van der Waals surface area contributed by atoms with Gasteiger partial charge in [-0.2, -0.15) is 5.10 Å². The van der Waals surface area contributed by atoms with Gasteiger partial charge in [0.1, 0.15) is 11.3 Å². The van der Waals surface area contributed by atoms with Gasteiger partial charge in [-0.05, 0) is 25.0 Å². The van der Waals surface area contributed by atoms with Crippen molar-refractivity contribution in [3.05, 3.63) is 36.9 Å². The molecule has 0 radical (unpaired) electrons. The molecule has 1 amide bonds. The average molecular weight is 392 g/mol. The van der Waals surface area contributed by atoms with Gasteiger partial charge in [0.2, 0.25) is 5.91 Å². The average Bonchev–Trinajstić information content (AvgIpc) is 3.20. The Kier molecular flexibility index (Phi) is 4.59. The number of hydrogen-bond acceptors (Lipinski definition) is 7. The van der Waals surface area contributed by atoms with Crippen LogP contribution in [0.3, 0.4) is 0 Å². The molecule has 5 heterocycles. The third-order valence-electron chi connectivity index (χ3n) is 5.81. The first-order valence-corrected chi connectivity index (χ1v) is 10.1. The fourth-order valence-corrected chi connectivity index (χ4v) is 4.28. The Balaban J connectivity index is 1.26. The van der Waals surface area contributed by atoms with Crippen molar-refractivity contribution < 1.29 is 4.79 Å². The van der Waals surface area contributed by atoms with Gasteiger partial charge in [0.15, 0.2) is 5.65 Å². The SMILES string of the molecule is Cn1cc(N2CCC[C@H](N3CCN(c4ccc5nccnc5n4)CC3)C2=O)cn1. The number of aryl methyl sites for hydroxylation is 1. The van der Waals surface area contributed by atoms with Gasteiger partial charge in [-0.1, -0.05) is 0 Å². The number of piperazine rings is 1. The van der Waals surface area contributed by atoms with Crippen LogP contribution in [0.2, 0.25) is 0 Å². The zero-order chi connectivity index (χ0) is 19.8. The lowest BCUT2D eigenvalue weighted by molar-refractivity contribution is -0.125. The number of pyridine rings is 1. The molecule has 150 valence electrons. The van der Waals surface area contributed by atoms with Gasteiger partial charge in [0.05, 0.1) is 17.9 Å². The molecule has 9 nitrogen and oxygen atoms in total. The molecule has 5 rings (SSSR count). The summed E-state index contributed by atoms with van der Waals surface area (Å²) in [6.07, 6.45) is 8.95. The number of amides is 1. The number of nitrogens with zero attached hydrogens (tertiary/aromatic N) is 8. The minimum atomic E-state index is -0.0541. The maximum atomic E-state index is 13.1. The first-order chi connectivity index (χ1) is 14.2. The van der Waals surface area contributed by atoms with Crippen LogP contribution in [0.5, 0.6) is 0 Å². The van der Waals surface area contributed by atoms with Crippen molar-refractivity contribution in [2.45, 2.75) is 18.9 Å². The maximum absolute atomic E-state index is 13.1. The first-order valence-electron chi connectivity index (χ1n) is 10.1. The molecule has 0 aliphatic carbocycles. The zero-order valence-corrected chi connectivity index (χ0v) is 16.5. The molecule has 2 aliphatic rings. The molecule has 2 saturated heterocycles. The van der Waals surface area contributed by atoms with E-state index in [2.05, 4.69) is 29.9 Å². The number of hydrogen-bond donors (Lipinski definition) is 0. The fraction of sp³-hybridized carbons (Fsp3) is 0.450. The normalized spacial score (nSPS) is 21.1.